The molecule has 0 atom stereocenters. The molecule has 6 nitrogen and oxygen atoms in total. The largest absolute Gasteiger partial charge is 0.493 e. The highest BCUT2D eigenvalue weighted by molar-refractivity contribution is 5.98. The number of rotatable bonds is 9. The molecule has 0 aliphatic heterocycles. The molecule has 0 radical (unpaired) electrons. The number of benzene rings is 3. The predicted octanol–water partition coefficient (Wildman–Crippen LogP) is 6.39. The average Bonchev–Trinajstić information content (AvgIpc) is 2.88. The van der Waals surface area contributed by atoms with Crippen molar-refractivity contribution in [2.24, 2.45) is 0 Å². The van der Waals surface area contributed by atoms with E-state index in [9.17, 15) is 18.8 Å². The maximum atomic E-state index is 14.8. The molecule has 0 spiro atoms. The molecule has 0 bridgehead atoms. The highest BCUT2D eigenvalue weighted by atomic mass is 19.2. The molecule has 4 aromatic rings. The number of anilines is 1. The second-order valence-electron chi connectivity index (χ2n) is 8.01. The first-order chi connectivity index (χ1) is 17.4. The molecule has 4 rings (SSSR count). The fourth-order valence-electron chi connectivity index (χ4n) is 4.03. The van der Waals surface area contributed by atoms with Crippen LogP contribution >= 0.6 is 0 Å². The first-order valence-electron chi connectivity index (χ1n) is 11.4. The maximum Gasteiger partial charge on any atom is 0.303 e. The Kier molecular flexibility index (Phi) is 7.40. The van der Waals surface area contributed by atoms with E-state index in [4.69, 9.17) is 9.84 Å². The molecule has 0 saturated heterocycles. The Morgan fingerprint density at radius 3 is 2.50 bits per heavy atom. The molecule has 36 heavy (non-hydrogen) atoms. The molecule has 0 amide bonds. The summed E-state index contributed by atoms with van der Waals surface area (Å²) in [5.41, 5.74) is 3.05. The minimum absolute atomic E-state index is 0.0461. The Hall–Kier alpha value is -4.51. The van der Waals surface area contributed by atoms with Crippen molar-refractivity contribution in [3.05, 3.63) is 77.9 Å². The summed E-state index contributed by atoms with van der Waals surface area (Å²) in [6.45, 7) is 2.60. The van der Waals surface area contributed by atoms with Crippen LogP contribution in [0.4, 0.5) is 14.5 Å². The summed E-state index contributed by atoms with van der Waals surface area (Å²) in [6, 6.07) is 19.4. The van der Waals surface area contributed by atoms with Gasteiger partial charge in [-0.05, 0) is 37.1 Å². The van der Waals surface area contributed by atoms with Gasteiger partial charge in [0, 0.05) is 24.1 Å². The Labute approximate surface area is 206 Å². The molecule has 0 unspecified atom stereocenters. The molecule has 2 N–H and O–H groups in total. The number of aromatic nitrogens is 1. The fraction of sp³-hybridized carbons (Fsp3) is 0.179. The summed E-state index contributed by atoms with van der Waals surface area (Å²) in [5.74, 6) is -2.40. The number of pyridine rings is 1. The van der Waals surface area contributed by atoms with Gasteiger partial charge >= 0.3 is 5.97 Å². The second-order valence-corrected chi connectivity index (χ2v) is 8.01. The van der Waals surface area contributed by atoms with E-state index in [1.807, 2.05) is 43.3 Å². The lowest BCUT2D eigenvalue weighted by molar-refractivity contribution is -0.137. The van der Waals surface area contributed by atoms with Crippen molar-refractivity contribution in [1.82, 2.24) is 4.98 Å². The Balaban J connectivity index is 1.81. The van der Waals surface area contributed by atoms with Crippen LogP contribution in [0.3, 0.4) is 0 Å². The lowest BCUT2D eigenvalue weighted by Crippen LogP contribution is -2.09. The third-order valence-electron chi connectivity index (χ3n) is 5.68. The summed E-state index contributed by atoms with van der Waals surface area (Å²) in [6.07, 6.45) is 0.135. The number of nitrogens with zero attached hydrogens (tertiary/aromatic N) is 2. The number of carboxylic acids is 1. The molecule has 182 valence electrons. The number of carbonyl (C=O) groups is 1. The lowest BCUT2D eigenvalue weighted by Gasteiger charge is -2.16. The van der Waals surface area contributed by atoms with Crippen LogP contribution in [0.15, 0.2) is 60.7 Å². The number of ether oxygens (including phenoxy) is 1. The minimum atomic E-state index is -1.12. The van der Waals surface area contributed by atoms with Crippen molar-refractivity contribution in [2.45, 2.75) is 19.8 Å². The fourth-order valence-corrected chi connectivity index (χ4v) is 4.03. The lowest BCUT2D eigenvalue weighted by atomic mass is 9.98. The zero-order valence-corrected chi connectivity index (χ0v) is 19.5. The summed E-state index contributed by atoms with van der Waals surface area (Å²) in [5, 5.41) is 21.7. The molecule has 1 aromatic heterocycles. The van der Waals surface area contributed by atoms with Crippen LogP contribution < -0.4 is 10.1 Å². The van der Waals surface area contributed by atoms with Gasteiger partial charge in [-0.15, -0.1) is 0 Å². The van der Waals surface area contributed by atoms with Gasteiger partial charge in [-0.25, -0.2) is 13.8 Å². The van der Waals surface area contributed by atoms with E-state index < -0.39 is 17.6 Å². The standard InChI is InChI=1S/C28H23F2N3O3/c1-2-36-23-7-4-3-6-19(23)17-9-11-18(12-10-17)27-20(16-31)28(32-15-5-8-24(34)35)25-22(33-27)14-13-21(29)26(25)30/h3-4,6-7,9-14H,2,5,8,15H2,1H3,(H,32,33)(H,34,35). The van der Waals surface area contributed by atoms with Crippen LogP contribution in [-0.4, -0.2) is 29.2 Å². The van der Waals surface area contributed by atoms with Crippen LogP contribution in [0, 0.1) is 23.0 Å². The SMILES string of the molecule is CCOc1ccccc1-c1ccc(-c2nc3ccc(F)c(F)c3c(NCCCC(=O)O)c2C#N)cc1. The maximum absolute atomic E-state index is 14.8. The van der Waals surface area contributed by atoms with Crippen LogP contribution in [0.25, 0.3) is 33.3 Å². The summed E-state index contributed by atoms with van der Waals surface area (Å²) < 4.78 is 34.6. The van der Waals surface area contributed by atoms with Gasteiger partial charge in [0.15, 0.2) is 11.6 Å². The van der Waals surface area contributed by atoms with Crippen molar-refractivity contribution >= 4 is 22.6 Å². The minimum Gasteiger partial charge on any atom is -0.493 e. The van der Waals surface area contributed by atoms with E-state index in [0.29, 0.717) is 17.9 Å². The number of nitriles is 1. The zero-order chi connectivity index (χ0) is 25.7. The molecule has 0 aliphatic carbocycles. The summed E-state index contributed by atoms with van der Waals surface area (Å²) >= 11 is 0. The van der Waals surface area contributed by atoms with Crippen LogP contribution in [0.2, 0.25) is 0 Å². The van der Waals surface area contributed by atoms with Gasteiger partial charge in [0.1, 0.15) is 17.4 Å². The summed E-state index contributed by atoms with van der Waals surface area (Å²) in [4.78, 5) is 15.4. The van der Waals surface area contributed by atoms with Crippen molar-refractivity contribution < 1.29 is 23.4 Å². The van der Waals surface area contributed by atoms with Crippen molar-refractivity contribution in [1.29, 1.82) is 5.26 Å². The van der Waals surface area contributed by atoms with Gasteiger partial charge in [-0.2, -0.15) is 5.26 Å². The monoisotopic (exact) mass is 487 g/mol. The van der Waals surface area contributed by atoms with E-state index in [0.717, 1.165) is 22.9 Å². The second kappa shape index (κ2) is 10.8. The molecular formula is C28H23F2N3O3. The van der Waals surface area contributed by atoms with E-state index >= 15 is 0 Å². The van der Waals surface area contributed by atoms with E-state index in [1.165, 1.54) is 6.07 Å². The van der Waals surface area contributed by atoms with Gasteiger partial charge in [0.05, 0.1) is 28.9 Å². The van der Waals surface area contributed by atoms with Crippen LogP contribution in [0.1, 0.15) is 25.3 Å². The summed E-state index contributed by atoms with van der Waals surface area (Å²) in [7, 11) is 0. The van der Waals surface area contributed by atoms with Gasteiger partial charge in [0.2, 0.25) is 0 Å². The van der Waals surface area contributed by atoms with Crippen LogP contribution in [-0.2, 0) is 4.79 Å². The van der Waals surface area contributed by atoms with Gasteiger partial charge in [-0.1, -0.05) is 42.5 Å². The van der Waals surface area contributed by atoms with Crippen LogP contribution in [0.5, 0.6) is 5.75 Å². The highest BCUT2D eigenvalue weighted by Gasteiger charge is 2.21. The highest BCUT2D eigenvalue weighted by Crippen LogP contribution is 2.37. The van der Waals surface area contributed by atoms with Gasteiger partial charge < -0.3 is 15.2 Å². The first kappa shape index (κ1) is 24.6. The quantitative estimate of drug-likeness (QED) is 0.266. The molecule has 1 heterocycles. The topological polar surface area (TPSA) is 95.2 Å². The van der Waals surface area contributed by atoms with Gasteiger partial charge in [0.25, 0.3) is 0 Å². The van der Waals surface area contributed by atoms with Crippen molar-refractivity contribution in [3.63, 3.8) is 0 Å². The third-order valence-corrected chi connectivity index (χ3v) is 5.68. The van der Waals surface area contributed by atoms with Gasteiger partial charge in [-0.3, -0.25) is 4.79 Å². The number of halogens is 2. The predicted molar refractivity (Wildman–Crippen MR) is 134 cm³/mol. The number of hydrogen-bond donors (Lipinski definition) is 2. The van der Waals surface area contributed by atoms with E-state index in [2.05, 4.69) is 16.4 Å². The normalized spacial score (nSPS) is 10.7. The first-order valence-corrected chi connectivity index (χ1v) is 11.4. The zero-order valence-electron chi connectivity index (χ0n) is 19.5. The van der Waals surface area contributed by atoms with E-state index in [-0.39, 0.29) is 41.5 Å². The number of aliphatic carboxylic acids is 1. The van der Waals surface area contributed by atoms with Crippen molar-refractivity contribution in [3.8, 4) is 34.2 Å². The molecule has 0 aliphatic rings. The molecule has 0 fully saturated rings. The average molecular weight is 488 g/mol. The molecule has 3 aromatic carbocycles. The number of hydrogen-bond acceptors (Lipinski definition) is 5. The smallest absolute Gasteiger partial charge is 0.303 e. The molecule has 0 saturated carbocycles. The number of para-hydroxylation sites is 1. The number of fused-ring (bicyclic) bond motifs is 1. The Morgan fingerprint density at radius 2 is 1.81 bits per heavy atom. The number of nitrogens with one attached hydrogen (secondary N) is 1. The number of carboxylic acid groups (broad SMARTS) is 1. The Morgan fingerprint density at radius 1 is 1.08 bits per heavy atom. The Bertz CT molecular complexity index is 1460. The third kappa shape index (κ3) is 4.96. The van der Waals surface area contributed by atoms with E-state index in [1.54, 1.807) is 12.1 Å². The van der Waals surface area contributed by atoms with Crippen molar-refractivity contribution in [2.75, 3.05) is 18.5 Å². The molecule has 8 heteroatoms. The molecular weight excluding hydrogens is 464 g/mol.